The van der Waals surface area contributed by atoms with E-state index < -0.39 is 0 Å². The van der Waals surface area contributed by atoms with Crippen molar-refractivity contribution in [1.82, 2.24) is 10.2 Å². The Morgan fingerprint density at radius 3 is 2.31 bits per heavy atom. The molecule has 0 aromatic carbocycles. The van der Waals surface area contributed by atoms with Crippen LogP contribution in [0.4, 0.5) is 0 Å². The molecular formula is C12H26Cl2N2. The zero-order valence-corrected chi connectivity index (χ0v) is 12.1. The number of hydrogen-bond acceptors (Lipinski definition) is 2. The molecule has 1 spiro atoms. The van der Waals surface area contributed by atoms with Crippen LogP contribution < -0.4 is 5.32 Å². The summed E-state index contributed by atoms with van der Waals surface area (Å²) in [5.41, 5.74) is 0.669. The van der Waals surface area contributed by atoms with Crippen LogP contribution in [0.25, 0.3) is 0 Å². The van der Waals surface area contributed by atoms with Crippen LogP contribution in [0.1, 0.15) is 32.1 Å². The van der Waals surface area contributed by atoms with E-state index in [4.69, 9.17) is 0 Å². The molecule has 1 saturated heterocycles. The van der Waals surface area contributed by atoms with Crippen molar-refractivity contribution >= 4 is 24.8 Å². The predicted octanol–water partition coefficient (Wildman–Crippen LogP) is 2.56. The first-order chi connectivity index (χ1) is 6.73. The van der Waals surface area contributed by atoms with Gasteiger partial charge in [-0.1, -0.05) is 19.3 Å². The fourth-order valence-electron chi connectivity index (χ4n) is 3.40. The number of rotatable bonds is 2. The minimum absolute atomic E-state index is 0. The van der Waals surface area contributed by atoms with Crippen molar-refractivity contribution in [2.45, 2.75) is 32.1 Å². The van der Waals surface area contributed by atoms with Gasteiger partial charge in [0.05, 0.1) is 0 Å². The van der Waals surface area contributed by atoms with E-state index in [1.807, 2.05) is 0 Å². The van der Waals surface area contributed by atoms with Crippen molar-refractivity contribution < 1.29 is 0 Å². The molecule has 1 N–H and O–H groups in total. The van der Waals surface area contributed by atoms with E-state index in [9.17, 15) is 0 Å². The SMILES string of the molecule is CN(C)CC1CNCC12CCCCC2.Cl.Cl. The van der Waals surface area contributed by atoms with Crippen LogP contribution in [-0.2, 0) is 0 Å². The molecule has 0 aromatic heterocycles. The van der Waals surface area contributed by atoms with Gasteiger partial charge in [0.2, 0.25) is 0 Å². The van der Waals surface area contributed by atoms with Gasteiger partial charge < -0.3 is 10.2 Å². The van der Waals surface area contributed by atoms with E-state index in [0.29, 0.717) is 5.41 Å². The Kier molecular flexibility index (Phi) is 7.27. The quantitative estimate of drug-likeness (QED) is 0.829. The van der Waals surface area contributed by atoms with Gasteiger partial charge in [0.15, 0.2) is 0 Å². The molecule has 0 radical (unpaired) electrons. The summed E-state index contributed by atoms with van der Waals surface area (Å²) in [5, 5.41) is 3.61. The van der Waals surface area contributed by atoms with Gasteiger partial charge in [0.25, 0.3) is 0 Å². The van der Waals surface area contributed by atoms with Gasteiger partial charge in [-0.3, -0.25) is 0 Å². The lowest BCUT2D eigenvalue weighted by molar-refractivity contribution is 0.124. The first kappa shape index (κ1) is 16.5. The zero-order chi connectivity index (χ0) is 10.0. The van der Waals surface area contributed by atoms with E-state index in [2.05, 4.69) is 24.3 Å². The normalized spacial score (nSPS) is 27.6. The Morgan fingerprint density at radius 2 is 1.75 bits per heavy atom. The fraction of sp³-hybridized carbons (Fsp3) is 1.00. The highest BCUT2D eigenvalue weighted by atomic mass is 35.5. The lowest BCUT2D eigenvalue weighted by Gasteiger charge is -2.39. The first-order valence-electron chi connectivity index (χ1n) is 6.08. The summed E-state index contributed by atoms with van der Waals surface area (Å²) in [4.78, 5) is 2.36. The molecule has 16 heavy (non-hydrogen) atoms. The van der Waals surface area contributed by atoms with Crippen molar-refractivity contribution in [2.24, 2.45) is 11.3 Å². The summed E-state index contributed by atoms with van der Waals surface area (Å²) in [5.74, 6) is 0.901. The third-order valence-corrected chi connectivity index (χ3v) is 4.17. The third-order valence-electron chi connectivity index (χ3n) is 4.17. The van der Waals surface area contributed by atoms with Gasteiger partial charge in [-0.25, -0.2) is 0 Å². The lowest BCUT2D eigenvalue weighted by Crippen LogP contribution is -2.37. The van der Waals surface area contributed by atoms with Crippen LogP contribution in [0.3, 0.4) is 0 Å². The second-order valence-corrected chi connectivity index (χ2v) is 5.51. The molecule has 2 aliphatic rings. The zero-order valence-electron chi connectivity index (χ0n) is 10.5. The molecule has 1 atom stereocenters. The maximum Gasteiger partial charge on any atom is 0.00215 e. The van der Waals surface area contributed by atoms with Gasteiger partial charge in [-0.05, 0) is 44.8 Å². The Hall–Kier alpha value is 0.500. The van der Waals surface area contributed by atoms with Gasteiger partial charge in [0, 0.05) is 13.1 Å². The Bertz CT molecular complexity index is 191. The van der Waals surface area contributed by atoms with Crippen molar-refractivity contribution in [3.05, 3.63) is 0 Å². The number of hydrogen-bond donors (Lipinski definition) is 1. The number of halogens is 2. The van der Waals surface area contributed by atoms with E-state index in [1.165, 1.54) is 51.7 Å². The van der Waals surface area contributed by atoms with Crippen molar-refractivity contribution in [2.75, 3.05) is 33.7 Å². The average molecular weight is 269 g/mol. The van der Waals surface area contributed by atoms with Gasteiger partial charge in [-0.15, -0.1) is 24.8 Å². The Morgan fingerprint density at radius 1 is 1.12 bits per heavy atom. The molecule has 98 valence electrons. The summed E-state index contributed by atoms with van der Waals surface area (Å²) in [6.07, 6.45) is 7.34. The predicted molar refractivity (Wildman–Crippen MR) is 74.9 cm³/mol. The van der Waals surface area contributed by atoms with Gasteiger partial charge in [-0.2, -0.15) is 0 Å². The minimum atomic E-state index is 0. The molecule has 0 bridgehead atoms. The van der Waals surface area contributed by atoms with E-state index in [-0.39, 0.29) is 24.8 Å². The molecule has 1 aliphatic heterocycles. The van der Waals surface area contributed by atoms with Crippen LogP contribution in [0.15, 0.2) is 0 Å². The molecule has 2 fully saturated rings. The smallest absolute Gasteiger partial charge is 0.00215 e. The van der Waals surface area contributed by atoms with Crippen LogP contribution in [0, 0.1) is 11.3 Å². The van der Waals surface area contributed by atoms with E-state index >= 15 is 0 Å². The first-order valence-corrected chi connectivity index (χ1v) is 6.08. The largest absolute Gasteiger partial charge is 0.316 e. The van der Waals surface area contributed by atoms with Crippen LogP contribution in [0.2, 0.25) is 0 Å². The highest BCUT2D eigenvalue weighted by Gasteiger charge is 2.42. The summed E-state index contributed by atoms with van der Waals surface area (Å²) in [7, 11) is 4.41. The molecule has 0 aromatic rings. The summed E-state index contributed by atoms with van der Waals surface area (Å²) in [6.45, 7) is 3.80. The maximum atomic E-state index is 3.61. The summed E-state index contributed by atoms with van der Waals surface area (Å²) < 4.78 is 0. The third kappa shape index (κ3) is 3.49. The Labute approximate surface area is 112 Å². The lowest BCUT2D eigenvalue weighted by atomic mass is 9.67. The van der Waals surface area contributed by atoms with Crippen molar-refractivity contribution in [3.8, 4) is 0 Å². The molecule has 4 heteroatoms. The highest BCUT2D eigenvalue weighted by molar-refractivity contribution is 5.85. The Balaban J connectivity index is 0.00000112. The van der Waals surface area contributed by atoms with Crippen molar-refractivity contribution in [3.63, 3.8) is 0 Å². The topological polar surface area (TPSA) is 15.3 Å². The molecule has 1 saturated carbocycles. The molecule has 1 heterocycles. The summed E-state index contributed by atoms with van der Waals surface area (Å²) in [6, 6.07) is 0. The van der Waals surface area contributed by atoms with E-state index in [0.717, 1.165) is 5.92 Å². The molecule has 0 amide bonds. The molecule has 2 rings (SSSR count). The number of nitrogens with one attached hydrogen (secondary N) is 1. The highest BCUT2D eigenvalue weighted by Crippen LogP contribution is 2.44. The van der Waals surface area contributed by atoms with Crippen LogP contribution in [0.5, 0.6) is 0 Å². The molecule has 1 aliphatic carbocycles. The average Bonchev–Trinajstić information content (AvgIpc) is 2.50. The number of nitrogens with zero attached hydrogens (tertiary/aromatic N) is 1. The van der Waals surface area contributed by atoms with Crippen molar-refractivity contribution in [1.29, 1.82) is 0 Å². The van der Waals surface area contributed by atoms with Crippen LogP contribution in [-0.4, -0.2) is 38.6 Å². The molecule has 1 unspecified atom stereocenters. The van der Waals surface area contributed by atoms with Gasteiger partial charge >= 0.3 is 0 Å². The minimum Gasteiger partial charge on any atom is -0.316 e. The standard InChI is InChI=1S/C12H24N2.2ClH/c1-14(2)9-11-8-13-10-12(11)6-4-3-5-7-12;;/h11,13H,3-10H2,1-2H3;2*1H. The second kappa shape index (κ2) is 7.05. The van der Waals surface area contributed by atoms with Crippen LogP contribution >= 0.6 is 24.8 Å². The fourth-order valence-corrected chi connectivity index (χ4v) is 3.40. The summed E-state index contributed by atoms with van der Waals surface area (Å²) >= 11 is 0. The van der Waals surface area contributed by atoms with Gasteiger partial charge in [0.1, 0.15) is 0 Å². The maximum absolute atomic E-state index is 3.61. The molecular weight excluding hydrogens is 243 g/mol. The second-order valence-electron chi connectivity index (χ2n) is 5.51. The molecule has 2 nitrogen and oxygen atoms in total. The van der Waals surface area contributed by atoms with E-state index in [1.54, 1.807) is 0 Å². The monoisotopic (exact) mass is 268 g/mol.